The first-order valence-electron chi connectivity index (χ1n) is 13.3. The molecule has 1 fully saturated rings. The number of fused-ring (bicyclic) bond motifs is 3. The number of halogens is 3. The summed E-state index contributed by atoms with van der Waals surface area (Å²) in [4.78, 5) is 37.8. The van der Waals surface area contributed by atoms with Crippen molar-refractivity contribution in [2.45, 2.75) is 65.4 Å². The number of aromatic nitrogens is 3. The molecular weight excluding hydrogens is 529 g/mol. The van der Waals surface area contributed by atoms with Crippen LogP contribution in [0.1, 0.15) is 51.9 Å². The maximum Gasteiger partial charge on any atom is 0.416 e. The lowest BCUT2D eigenvalue weighted by Crippen LogP contribution is -2.40. The molecule has 3 heterocycles. The molecule has 0 unspecified atom stereocenters. The van der Waals surface area contributed by atoms with Crippen molar-refractivity contribution in [3.05, 3.63) is 29.6 Å². The van der Waals surface area contributed by atoms with Crippen molar-refractivity contribution < 1.29 is 32.2 Å². The van der Waals surface area contributed by atoms with Gasteiger partial charge in [0.05, 0.1) is 36.4 Å². The van der Waals surface area contributed by atoms with Gasteiger partial charge in [-0.1, -0.05) is 6.07 Å². The van der Waals surface area contributed by atoms with Gasteiger partial charge in [0, 0.05) is 38.0 Å². The van der Waals surface area contributed by atoms with Gasteiger partial charge < -0.3 is 29.6 Å². The Morgan fingerprint density at radius 3 is 2.48 bits per heavy atom. The summed E-state index contributed by atoms with van der Waals surface area (Å²) in [6.45, 7) is 9.91. The maximum absolute atomic E-state index is 13.4. The monoisotopic (exact) mass is 564 g/mol. The summed E-state index contributed by atoms with van der Waals surface area (Å²) in [5, 5.41) is 0.441. The van der Waals surface area contributed by atoms with Crippen LogP contribution in [-0.4, -0.2) is 74.8 Å². The van der Waals surface area contributed by atoms with Crippen LogP contribution in [0.3, 0.4) is 0 Å². The number of carbonyl (C=O) groups is 2. The summed E-state index contributed by atoms with van der Waals surface area (Å²) < 4.78 is 52.9. The van der Waals surface area contributed by atoms with Crippen molar-refractivity contribution in [3.8, 4) is 0 Å². The van der Waals surface area contributed by atoms with Gasteiger partial charge in [-0.15, -0.1) is 0 Å². The van der Waals surface area contributed by atoms with Gasteiger partial charge in [-0.2, -0.15) is 13.2 Å². The first kappa shape index (κ1) is 29.4. The first-order valence-corrected chi connectivity index (χ1v) is 13.3. The highest BCUT2D eigenvalue weighted by atomic mass is 19.4. The Morgan fingerprint density at radius 1 is 1.15 bits per heavy atom. The zero-order valence-electron chi connectivity index (χ0n) is 23.2. The molecule has 2 aromatic heterocycles. The van der Waals surface area contributed by atoms with Crippen LogP contribution in [0.4, 0.5) is 23.8 Å². The second-order valence-corrected chi connectivity index (χ2v) is 10.7. The molecule has 0 saturated carbocycles. The summed E-state index contributed by atoms with van der Waals surface area (Å²) in [6, 6.07) is 3.32. The summed E-state index contributed by atoms with van der Waals surface area (Å²) in [5.41, 5.74) is 5.56. The number of nitrogen functional groups attached to an aromatic ring is 1. The number of rotatable bonds is 7. The molecule has 1 aliphatic rings. The van der Waals surface area contributed by atoms with Crippen LogP contribution in [0.15, 0.2) is 18.2 Å². The van der Waals surface area contributed by atoms with E-state index in [1.807, 2.05) is 11.5 Å². The number of aryl methyl sites for hydroxylation is 1. The van der Waals surface area contributed by atoms with Crippen LogP contribution in [0.5, 0.6) is 0 Å². The number of alkyl halides is 3. The smallest absolute Gasteiger partial charge is 0.416 e. The van der Waals surface area contributed by atoms with Crippen LogP contribution in [0.2, 0.25) is 0 Å². The molecule has 1 aliphatic heterocycles. The number of ether oxygens (including phenoxy) is 2. The van der Waals surface area contributed by atoms with E-state index in [1.165, 1.54) is 11.0 Å². The Kier molecular flexibility index (Phi) is 8.43. The van der Waals surface area contributed by atoms with Crippen LogP contribution in [0.25, 0.3) is 21.9 Å². The number of pyridine rings is 1. The number of carbonyl (C=O) groups excluding carboxylic acids is 2. The van der Waals surface area contributed by atoms with E-state index in [9.17, 15) is 22.8 Å². The highest BCUT2D eigenvalue weighted by molar-refractivity contribution is 6.06. The molecule has 1 aromatic carbocycles. The van der Waals surface area contributed by atoms with Gasteiger partial charge in [0.25, 0.3) is 0 Å². The van der Waals surface area contributed by atoms with E-state index in [4.69, 9.17) is 15.2 Å². The van der Waals surface area contributed by atoms with Crippen molar-refractivity contribution in [2.75, 3.05) is 38.6 Å². The van der Waals surface area contributed by atoms with Crippen LogP contribution in [0, 0.1) is 0 Å². The maximum atomic E-state index is 13.4. The Balaban J connectivity index is 1.74. The average Bonchev–Trinajstić information content (AvgIpc) is 3.24. The predicted octanol–water partition coefficient (Wildman–Crippen LogP) is 4.58. The van der Waals surface area contributed by atoms with Crippen molar-refractivity contribution in [2.24, 2.45) is 0 Å². The van der Waals surface area contributed by atoms with E-state index in [0.29, 0.717) is 68.1 Å². The minimum Gasteiger partial charge on any atom is -0.444 e. The Bertz CT molecular complexity index is 1390. The fraction of sp³-hybridized carbons (Fsp3) is 0.556. The molecule has 3 aromatic rings. The van der Waals surface area contributed by atoms with Gasteiger partial charge in [-0.25, -0.2) is 14.8 Å². The molecule has 0 aliphatic carbocycles. The number of nitrogens with zero attached hydrogens (tertiary/aromatic N) is 5. The van der Waals surface area contributed by atoms with Gasteiger partial charge >= 0.3 is 12.3 Å². The number of imidazole rings is 1. The SMILES string of the molecule is CCN(Cc1nc2c(N)nc3cc(C(F)(F)F)ccc3c2n1CCCC(=O)N1CCOCC1)C(=O)OC(C)(C)C. The number of nitrogens with two attached hydrogens (primary N) is 1. The predicted molar refractivity (Wildman–Crippen MR) is 143 cm³/mol. The number of anilines is 1. The van der Waals surface area contributed by atoms with E-state index in [2.05, 4.69) is 9.97 Å². The molecule has 40 heavy (non-hydrogen) atoms. The second kappa shape index (κ2) is 11.5. The van der Waals surface area contributed by atoms with E-state index in [-0.39, 0.29) is 30.2 Å². The van der Waals surface area contributed by atoms with Gasteiger partial charge in [0.15, 0.2) is 5.82 Å². The topological polar surface area (TPSA) is 116 Å². The van der Waals surface area contributed by atoms with E-state index < -0.39 is 23.4 Å². The average molecular weight is 565 g/mol. The number of hydrogen-bond acceptors (Lipinski definition) is 7. The summed E-state index contributed by atoms with van der Waals surface area (Å²) in [5.74, 6) is 0.438. The Morgan fingerprint density at radius 2 is 1.85 bits per heavy atom. The molecule has 2 N–H and O–H groups in total. The molecule has 10 nitrogen and oxygen atoms in total. The van der Waals surface area contributed by atoms with E-state index in [1.54, 1.807) is 25.7 Å². The zero-order valence-corrected chi connectivity index (χ0v) is 23.2. The van der Waals surface area contributed by atoms with Gasteiger partial charge in [-0.05, 0) is 46.2 Å². The lowest BCUT2D eigenvalue weighted by Gasteiger charge is -2.27. The van der Waals surface area contributed by atoms with Crippen LogP contribution >= 0.6 is 0 Å². The minimum atomic E-state index is -4.54. The van der Waals surface area contributed by atoms with Gasteiger partial charge in [-0.3, -0.25) is 4.79 Å². The standard InChI is InChI=1S/C27H35F3N6O4/c1-5-34(25(38)40-26(2,3)4)16-20-33-22-23(36(20)10-6-7-21(37)35-11-13-39-14-12-35)18-9-8-17(27(28,29)30)15-19(18)32-24(22)31/h8-9,15H,5-7,10-14,16H2,1-4H3,(H2,31,32). The van der Waals surface area contributed by atoms with E-state index in [0.717, 1.165) is 12.1 Å². The van der Waals surface area contributed by atoms with Gasteiger partial charge in [0.2, 0.25) is 5.91 Å². The Labute approximate surface area is 230 Å². The molecule has 2 amide bonds. The number of amides is 2. The molecule has 0 atom stereocenters. The normalized spacial score (nSPS) is 14.6. The number of morpholine rings is 1. The molecule has 1 saturated heterocycles. The molecule has 0 radical (unpaired) electrons. The lowest BCUT2D eigenvalue weighted by molar-refractivity contribution is -0.137. The zero-order chi connectivity index (χ0) is 29.2. The lowest BCUT2D eigenvalue weighted by atomic mass is 10.1. The second-order valence-electron chi connectivity index (χ2n) is 10.7. The third-order valence-corrected chi connectivity index (χ3v) is 6.61. The van der Waals surface area contributed by atoms with Crippen molar-refractivity contribution in [1.29, 1.82) is 0 Å². The van der Waals surface area contributed by atoms with Crippen molar-refractivity contribution >= 4 is 39.8 Å². The van der Waals surface area contributed by atoms with Gasteiger partial charge in [0.1, 0.15) is 16.9 Å². The highest BCUT2D eigenvalue weighted by Crippen LogP contribution is 2.35. The highest BCUT2D eigenvalue weighted by Gasteiger charge is 2.31. The van der Waals surface area contributed by atoms with Crippen molar-refractivity contribution in [3.63, 3.8) is 0 Å². The molecular formula is C27H35F3N6O4. The molecule has 0 bridgehead atoms. The third kappa shape index (κ3) is 6.57. The Hall–Kier alpha value is -3.61. The molecule has 218 valence electrons. The molecule has 4 rings (SSSR count). The largest absolute Gasteiger partial charge is 0.444 e. The van der Waals surface area contributed by atoms with Crippen LogP contribution < -0.4 is 5.73 Å². The van der Waals surface area contributed by atoms with E-state index >= 15 is 0 Å². The first-order chi connectivity index (χ1) is 18.8. The fourth-order valence-electron chi connectivity index (χ4n) is 4.66. The third-order valence-electron chi connectivity index (χ3n) is 6.61. The van der Waals surface area contributed by atoms with Crippen molar-refractivity contribution in [1.82, 2.24) is 24.3 Å². The molecule has 0 spiro atoms. The quantitative estimate of drug-likeness (QED) is 0.447. The number of benzene rings is 1. The molecule has 13 heteroatoms. The van der Waals surface area contributed by atoms with Crippen LogP contribution in [-0.2, 0) is 33.5 Å². The number of hydrogen-bond donors (Lipinski definition) is 1. The summed E-state index contributed by atoms with van der Waals surface area (Å²) in [7, 11) is 0. The fourth-order valence-corrected chi connectivity index (χ4v) is 4.66. The summed E-state index contributed by atoms with van der Waals surface area (Å²) >= 11 is 0. The minimum absolute atomic E-state index is 0.000863. The summed E-state index contributed by atoms with van der Waals surface area (Å²) in [6.07, 6.45) is -4.36.